The van der Waals surface area contributed by atoms with E-state index in [-0.39, 0.29) is 0 Å². The van der Waals surface area contributed by atoms with Crippen LogP contribution in [0, 0.1) is 20.8 Å². The van der Waals surface area contributed by atoms with E-state index in [9.17, 15) is 0 Å². The Balaban J connectivity index is 2.09. The number of hydrogen-bond acceptors (Lipinski definition) is 5. The molecule has 2 rings (SSSR count). The molecule has 0 radical (unpaired) electrons. The highest BCUT2D eigenvalue weighted by Crippen LogP contribution is 2.24. The van der Waals surface area contributed by atoms with Crippen LogP contribution < -0.4 is 14.8 Å². The summed E-state index contributed by atoms with van der Waals surface area (Å²) in [6.07, 6.45) is 1.85. The van der Waals surface area contributed by atoms with Crippen LogP contribution >= 0.6 is 0 Å². The lowest BCUT2D eigenvalue weighted by Crippen LogP contribution is -2.16. The van der Waals surface area contributed by atoms with Crippen molar-refractivity contribution in [2.45, 2.75) is 33.9 Å². The van der Waals surface area contributed by atoms with Gasteiger partial charge in [-0.25, -0.2) is 4.68 Å². The summed E-state index contributed by atoms with van der Waals surface area (Å²) in [4.78, 5) is 4.49. The largest absolute Gasteiger partial charge is 0.496 e. The Hall–Kier alpha value is -2.08. The van der Waals surface area contributed by atoms with Crippen LogP contribution in [-0.2, 0) is 20.1 Å². The highest BCUT2D eigenvalue weighted by Gasteiger charge is 2.14. The Kier molecular flexibility index (Phi) is 5.03. The Bertz CT molecular complexity index is 665. The van der Waals surface area contributed by atoms with E-state index in [0.717, 1.165) is 39.7 Å². The SMILES string of the molecule is COc1c(C)cnc(CNCc2c(C)nn(C)c2OC)c1C. The van der Waals surface area contributed by atoms with Gasteiger partial charge in [0.05, 0.1) is 31.2 Å². The highest BCUT2D eigenvalue weighted by molar-refractivity contribution is 5.41. The number of nitrogens with one attached hydrogen (secondary N) is 1. The molecule has 0 atom stereocenters. The van der Waals surface area contributed by atoms with E-state index in [1.165, 1.54) is 0 Å². The van der Waals surface area contributed by atoms with Gasteiger partial charge in [0.2, 0.25) is 5.88 Å². The Morgan fingerprint density at radius 1 is 1.14 bits per heavy atom. The molecule has 0 spiro atoms. The zero-order valence-electron chi connectivity index (χ0n) is 14.1. The van der Waals surface area contributed by atoms with E-state index in [1.807, 2.05) is 34.0 Å². The first kappa shape index (κ1) is 16.3. The molecule has 1 N–H and O–H groups in total. The second-order valence-corrected chi connectivity index (χ2v) is 5.35. The molecule has 0 saturated carbocycles. The van der Waals surface area contributed by atoms with Crippen molar-refractivity contribution in [2.24, 2.45) is 7.05 Å². The molecule has 22 heavy (non-hydrogen) atoms. The second kappa shape index (κ2) is 6.79. The second-order valence-electron chi connectivity index (χ2n) is 5.35. The third kappa shape index (κ3) is 3.06. The van der Waals surface area contributed by atoms with Crippen molar-refractivity contribution < 1.29 is 9.47 Å². The summed E-state index contributed by atoms with van der Waals surface area (Å²) >= 11 is 0. The maximum atomic E-state index is 5.44. The smallest absolute Gasteiger partial charge is 0.216 e. The summed E-state index contributed by atoms with van der Waals surface area (Å²) in [5, 5.41) is 7.79. The van der Waals surface area contributed by atoms with Crippen LogP contribution in [0.15, 0.2) is 6.20 Å². The molecule has 6 nitrogen and oxygen atoms in total. The molecule has 2 aromatic heterocycles. The number of hydrogen-bond donors (Lipinski definition) is 1. The van der Waals surface area contributed by atoms with Gasteiger partial charge in [-0.1, -0.05) is 0 Å². The average molecular weight is 304 g/mol. The Labute approximate surface area is 131 Å². The van der Waals surface area contributed by atoms with Crippen LogP contribution in [0.25, 0.3) is 0 Å². The zero-order chi connectivity index (χ0) is 16.3. The molecule has 120 valence electrons. The van der Waals surface area contributed by atoms with Crippen molar-refractivity contribution in [1.82, 2.24) is 20.1 Å². The predicted octanol–water partition coefficient (Wildman–Crippen LogP) is 2.05. The third-order valence-electron chi connectivity index (χ3n) is 3.83. The lowest BCUT2D eigenvalue weighted by Gasteiger charge is -2.13. The van der Waals surface area contributed by atoms with Crippen molar-refractivity contribution >= 4 is 0 Å². The molecule has 0 amide bonds. The summed E-state index contributed by atoms with van der Waals surface area (Å²) in [5.41, 5.74) is 5.15. The number of methoxy groups -OCH3 is 2. The molecule has 0 aromatic carbocycles. The number of nitrogens with zero attached hydrogens (tertiary/aromatic N) is 3. The molecule has 6 heteroatoms. The monoisotopic (exact) mass is 304 g/mol. The topological polar surface area (TPSA) is 61.2 Å². The van der Waals surface area contributed by atoms with Gasteiger partial charge in [0.1, 0.15) is 5.75 Å². The van der Waals surface area contributed by atoms with Crippen molar-refractivity contribution in [3.63, 3.8) is 0 Å². The maximum Gasteiger partial charge on any atom is 0.216 e. The summed E-state index contributed by atoms with van der Waals surface area (Å²) < 4.78 is 12.6. The fraction of sp³-hybridized carbons (Fsp3) is 0.500. The van der Waals surface area contributed by atoms with Gasteiger partial charge < -0.3 is 14.8 Å². The quantitative estimate of drug-likeness (QED) is 0.885. The lowest BCUT2D eigenvalue weighted by atomic mass is 10.1. The van der Waals surface area contributed by atoms with Gasteiger partial charge >= 0.3 is 0 Å². The summed E-state index contributed by atoms with van der Waals surface area (Å²) in [7, 11) is 5.23. The molecular weight excluding hydrogens is 280 g/mol. The van der Waals surface area contributed by atoms with Crippen LogP contribution in [0.1, 0.15) is 28.1 Å². The fourth-order valence-electron chi connectivity index (χ4n) is 2.69. The molecular formula is C16H24N4O2. The van der Waals surface area contributed by atoms with E-state index in [1.54, 1.807) is 18.9 Å². The van der Waals surface area contributed by atoms with E-state index >= 15 is 0 Å². The number of pyridine rings is 1. The molecule has 0 unspecified atom stereocenters. The van der Waals surface area contributed by atoms with Crippen molar-refractivity contribution in [3.05, 3.63) is 34.3 Å². The van der Waals surface area contributed by atoms with Crippen LogP contribution in [0.2, 0.25) is 0 Å². The summed E-state index contributed by atoms with van der Waals surface area (Å²) in [6.45, 7) is 7.36. The van der Waals surface area contributed by atoms with Crippen LogP contribution in [0.5, 0.6) is 11.6 Å². The van der Waals surface area contributed by atoms with Gasteiger partial charge in [-0.15, -0.1) is 0 Å². The van der Waals surface area contributed by atoms with E-state index in [2.05, 4.69) is 15.4 Å². The van der Waals surface area contributed by atoms with Gasteiger partial charge in [0.15, 0.2) is 0 Å². The highest BCUT2D eigenvalue weighted by atomic mass is 16.5. The number of ether oxygens (including phenoxy) is 2. The third-order valence-corrected chi connectivity index (χ3v) is 3.83. The number of aromatic nitrogens is 3. The minimum Gasteiger partial charge on any atom is -0.496 e. The Morgan fingerprint density at radius 2 is 1.86 bits per heavy atom. The van der Waals surface area contributed by atoms with Gasteiger partial charge in [0.25, 0.3) is 0 Å². The van der Waals surface area contributed by atoms with Crippen LogP contribution in [0.3, 0.4) is 0 Å². The maximum absolute atomic E-state index is 5.44. The van der Waals surface area contributed by atoms with Gasteiger partial charge in [0, 0.05) is 37.5 Å². The molecule has 2 heterocycles. The first-order valence-electron chi connectivity index (χ1n) is 7.25. The van der Waals surface area contributed by atoms with Crippen LogP contribution in [0.4, 0.5) is 0 Å². The number of rotatable bonds is 6. The first-order valence-corrected chi connectivity index (χ1v) is 7.25. The lowest BCUT2D eigenvalue weighted by molar-refractivity contribution is 0.368. The summed E-state index contributed by atoms with van der Waals surface area (Å²) in [6, 6.07) is 0. The molecule has 2 aromatic rings. The first-order chi connectivity index (χ1) is 10.5. The molecule has 0 aliphatic rings. The van der Waals surface area contributed by atoms with E-state index < -0.39 is 0 Å². The van der Waals surface area contributed by atoms with Crippen molar-refractivity contribution in [3.8, 4) is 11.6 Å². The summed E-state index contributed by atoms with van der Waals surface area (Å²) in [5.74, 6) is 1.69. The van der Waals surface area contributed by atoms with Gasteiger partial charge in [-0.05, 0) is 20.8 Å². The molecule has 0 fully saturated rings. The molecule has 0 aliphatic carbocycles. The molecule has 0 bridgehead atoms. The van der Waals surface area contributed by atoms with Gasteiger partial charge in [-0.2, -0.15) is 5.10 Å². The number of aryl methyl sites for hydroxylation is 3. The van der Waals surface area contributed by atoms with E-state index in [0.29, 0.717) is 13.1 Å². The molecule has 0 saturated heterocycles. The molecule has 0 aliphatic heterocycles. The predicted molar refractivity (Wildman–Crippen MR) is 85.3 cm³/mol. The Morgan fingerprint density at radius 3 is 2.50 bits per heavy atom. The van der Waals surface area contributed by atoms with E-state index in [4.69, 9.17) is 9.47 Å². The van der Waals surface area contributed by atoms with Gasteiger partial charge in [-0.3, -0.25) is 4.98 Å². The normalized spacial score (nSPS) is 10.8. The van der Waals surface area contributed by atoms with Crippen LogP contribution in [-0.4, -0.2) is 29.0 Å². The van der Waals surface area contributed by atoms with Crippen molar-refractivity contribution in [2.75, 3.05) is 14.2 Å². The standard InChI is InChI=1S/C16H24N4O2/c1-10-7-18-14(11(2)15(10)21-5)9-17-8-13-12(3)19-20(4)16(13)22-6/h7,17H,8-9H2,1-6H3. The minimum atomic E-state index is 0.667. The zero-order valence-corrected chi connectivity index (χ0v) is 14.1. The van der Waals surface area contributed by atoms with Crippen molar-refractivity contribution in [1.29, 1.82) is 0 Å². The minimum absolute atomic E-state index is 0.667. The average Bonchev–Trinajstić information content (AvgIpc) is 2.75. The fourth-order valence-corrected chi connectivity index (χ4v) is 2.69.